The lowest BCUT2D eigenvalue weighted by molar-refractivity contribution is -0.124. The minimum absolute atomic E-state index is 0.000655. The Labute approximate surface area is 146 Å². The van der Waals surface area contributed by atoms with Crippen molar-refractivity contribution in [3.63, 3.8) is 0 Å². The summed E-state index contributed by atoms with van der Waals surface area (Å²) in [5, 5.41) is 13.7. The number of benzene rings is 2. The number of ether oxygens (including phenoxy) is 1. The van der Waals surface area contributed by atoms with Crippen molar-refractivity contribution in [2.24, 2.45) is 0 Å². The average Bonchev–Trinajstić information content (AvgIpc) is 2.64. The Balaban J connectivity index is 1.47. The van der Waals surface area contributed by atoms with E-state index in [1.165, 1.54) is 12.1 Å². The van der Waals surface area contributed by atoms with E-state index in [0.717, 1.165) is 5.56 Å². The molecule has 0 aliphatic heterocycles. The third-order valence-electron chi connectivity index (χ3n) is 4.68. The quantitative estimate of drug-likeness (QED) is 0.877. The molecule has 0 saturated heterocycles. The summed E-state index contributed by atoms with van der Waals surface area (Å²) in [6.07, 6.45) is 2.57. The highest BCUT2D eigenvalue weighted by Crippen LogP contribution is 2.36. The molecular formula is C20H22FNO3. The van der Waals surface area contributed by atoms with Crippen molar-refractivity contribution in [2.45, 2.75) is 37.3 Å². The molecule has 4 nitrogen and oxygen atoms in total. The van der Waals surface area contributed by atoms with E-state index in [9.17, 15) is 14.3 Å². The van der Waals surface area contributed by atoms with Crippen LogP contribution in [-0.4, -0.2) is 23.7 Å². The fraction of sp³-hybridized carbons (Fsp3) is 0.350. The Hall–Kier alpha value is -2.40. The van der Waals surface area contributed by atoms with Crippen LogP contribution in [0.15, 0.2) is 54.6 Å². The van der Waals surface area contributed by atoms with Gasteiger partial charge in [-0.1, -0.05) is 42.5 Å². The molecule has 0 radical (unpaired) electrons. The fourth-order valence-electron chi connectivity index (χ4n) is 3.25. The summed E-state index contributed by atoms with van der Waals surface area (Å²) in [5.41, 5.74) is 0.0919. The summed E-state index contributed by atoms with van der Waals surface area (Å²) < 4.78 is 18.7. The second-order valence-electron chi connectivity index (χ2n) is 6.46. The van der Waals surface area contributed by atoms with Crippen LogP contribution in [0.25, 0.3) is 0 Å². The molecule has 1 aliphatic rings. The number of hydrogen-bond donors (Lipinski definition) is 2. The van der Waals surface area contributed by atoms with Crippen LogP contribution >= 0.6 is 0 Å². The van der Waals surface area contributed by atoms with Gasteiger partial charge in [-0.25, -0.2) is 4.39 Å². The van der Waals surface area contributed by atoms with E-state index in [2.05, 4.69) is 5.32 Å². The number of aliphatic hydroxyl groups is 1. The Morgan fingerprint density at radius 2 is 1.76 bits per heavy atom. The molecule has 1 fully saturated rings. The van der Waals surface area contributed by atoms with Crippen LogP contribution in [0.3, 0.4) is 0 Å². The second-order valence-corrected chi connectivity index (χ2v) is 6.46. The van der Waals surface area contributed by atoms with Gasteiger partial charge in [0.05, 0.1) is 5.60 Å². The number of nitrogens with one attached hydrogen (secondary N) is 1. The molecule has 0 aromatic heterocycles. The van der Waals surface area contributed by atoms with Crippen LogP contribution < -0.4 is 10.1 Å². The molecule has 2 N–H and O–H groups in total. The van der Waals surface area contributed by atoms with Crippen molar-refractivity contribution in [3.8, 4) is 5.75 Å². The summed E-state index contributed by atoms with van der Waals surface area (Å²) >= 11 is 0. The van der Waals surface area contributed by atoms with E-state index in [1.807, 2.05) is 30.3 Å². The van der Waals surface area contributed by atoms with Crippen molar-refractivity contribution >= 4 is 5.91 Å². The molecule has 3 rings (SSSR count). The third-order valence-corrected chi connectivity index (χ3v) is 4.68. The molecule has 1 amide bonds. The second kappa shape index (κ2) is 7.66. The molecule has 0 unspecified atom stereocenters. The number of halogens is 1. The highest BCUT2D eigenvalue weighted by molar-refractivity contribution is 5.77. The van der Waals surface area contributed by atoms with Gasteiger partial charge in [-0.3, -0.25) is 4.79 Å². The number of carbonyl (C=O) groups is 1. The Morgan fingerprint density at radius 3 is 2.44 bits per heavy atom. The van der Waals surface area contributed by atoms with Gasteiger partial charge in [0, 0.05) is 6.04 Å². The van der Waals surface area contributed by atoms with Gasteiger partial charge < -0.3 is 15.2 Å². The SMILES string of the molecule is O=C(COc1ccccc1F)NC1CCC(O)(c2ccccc2)CC1. The van der Waals surface area contributed by atoms with Gasteiger partial charge >= 0.3 is 0 Å². The molecule has 1 aliphatic carbocycles. The smallest absolute Gasteiger partial charge is 0.258 e. The first-order valence-electron chi connectivity index (χ1n) is 8.51. The largest absolute Gasteiger partial charge is 0.481 e. The molecule has 132 valence electrons. The zero-order valence-electron chi connectivity index (χ0n) is 14.0. The summed E-state index contributed by atoms with van der Waals surface area (Å²) in [4.78, 5) is 12.0. The van der Waals surface area contributed by atoms with Gasteiger partial charge in [0.1, 0.15) is 0 Å². The Kier molecular flexibility index (Phi) is 5.34. The standard InChI is InChI=1S/C20H22FNO3/c21-17-8-4-5-9-18(17)25-14-19(23)22-16-10-12-20(24,13-11-16)15-6-2-1-3-7-15/h1-9,16,24H,10-14H2,(H,22,23). The van der Waals surface area contributed by atoms with E-state index in [0.29, 0.717) is 25.7 Å². The van der Waals surface area contributed by atoms with E-state index in [4.69, 9.17) is 4.74 Å². The van der Waals surface area contributed by atoms with Gasteiger partial charge in [-0.15, -0.1) is 0 Å². The van der Waals surface area contributed by atoms with Crippen LogP contribution in [0.5, 0.6) is 5.75 Å². The normalized spacial score (nSPS) is 23.0. The molecule has 0 bridgehead atoms. The molecule has 2 aromatic rings. The molecular weight excluding hydrogens is 321 g/mol. The molecule has 0 spiro atoms. The van der Waals surface area contributed by atoms with Gasteiger partial charge in [0.15, 0.2) is 18.2 Å². The van der Waals surface area contributed by atoms with Gasteiger partial charge in [-0.05, 0) is 43.4 Å². The summed E-state index contributed by atoms with van der Waals surface area (Å²) in [6, 6.07) is 15.6. The first-order valence-corrected chi connectivity index (χ1v) is 8.51. The molecule has 1 saturated carbocycles. The molecule has 5 heteroatoms. The number of carbonyl (C=O) groups excluding carboxylic acids is 1. The minimum Gasteiger partial charge on any atom is -0.481 e. The van der Waals surface area contributed by atoms with E-state index in [-0.39, 0.29) is 24.3 Å². The van der Waals surface area contributed by atoms with Crippen LogP contribution in [0.4, 0.5) is 4.39 Å². The summed E-state index contributed by atoms with van der Waals surface area (Å²) in [5.74, 6) is -0.695. The zero-order chi connectivity index (χ0) is 17.7. The van der Waals surface area contributed by atoms with Crippen molar-refractivity contribution in [2.75, 3.05) is 6.61 Å². The average molecular weight is 343 g/mol. The molecule has 2 aromatic carbocycles. The summed E-state index contributed by atoms with van der Waals surface area (Å²) in [6.45, 7) is -0.222. The van der Waals surface area contributed by atoms with Crippen molar-refractivity contribution < 1.29 is 19.0 Å². The molecule has 0 heterocycles. The van der Waals surface area contributed by atoms with E-state index < -0.39 is 11.4 Å². The lowest BCUT2D eigenvalue weighted by Gasteiger charge is -2.36. The number of hydrogen-bond acceptors (Lipinski definition) is 3. The lowest BCUT2D eigenvalue weighted by Crippen LogP contribution is -2.43. The van der Waals surface area contributed by atoms with Crippen LogP contribution in [-0.2, 0) is 10.4 Å². The van der Waals surface area contributed by atoms with Gasteiger partial charge in [0.2, 0.25) is 0 Å². The van der Waals surface area contributed by atoms with Crippen LogP contribution in [0.2, 0.25) is 0 Å². The fourth-order valence-corrected chi connectivity index (χ4v) is 3.25. The van der Waals surface area contributed by atoms with Crippen LogP contribution in [0.1, 0.15) is 31.2 Å². The predicted molar refractivity (Wildman–Crippen MR) is 92.6 cm³/mol. The van der Waals surface area contributed by atoms with Gasteiger partial charge in [0.25, 0.3) is 5.91 Å². The highest BCUT2D eigenvalue weighted by Gasteiger charge is 2.35. The monoisotopic (exact) mass is 343 g/mol. The lowest BCUT2D eigenvalue weighted by atomic mass is 9.78. The zero-order valence-corrected chi connectivity index (χ0v) is 14.0. The van der Waals surface area contributed by atoms with Crippen molar-refractivity contribution in [1.82, 2.24) is 5.32 Å². The Morgan fingerprint density at radius 1 is 1.12 bits per heavy atom. The highest BCUT2D eigenvalue weighted by atomic mass is 19.1. The third kappa shape index (κ3) is 4.37. The predicted octanol–water partition coefficient (Wildman–Crippen LogP) is 3.15. The number of amides is 1. The topological polar surface area (TPSA) is 58.6 Å². The minimum atomic E-state index is -0.827. The van der Waals surface area contributed by atoms with E-state index in [1.54, 1.807) is 12.1 Å². The van der Waals surface area contributed by atoms with Crippen molar-refractivity contribution in [1.29, 1.82) is 0 Å². The van der Waals surface area contributed by atoms with Gasteiger partial charge in [-0.2, -0.15) is 0 Å². The molecule has 0 atom stereocenters. The molecule has 25 heavy (non-hydrogen) atoms. The maximum absolute atomic E-state index is 13.5. The Bertz CT molecular complexity index is 712. The first kappa shape index (κ1) is 17.4. The number of para-hydroxylation sites is 1. The number of rotatable bonds is 5. The summed E-state index contributed by atoms with van der Waals surface area (Å²) in [7, 11) is 0. The first-order chi connectivity index (χ1) is 12.1. The maximum atomic E-state index is 13.5. The van der Waals surface area contributed by atoms with E-state index >= 15 is 0 Å². The maximum Gasteiger partial charge on any atom is 0.258 e. The van der Waals surface area contributed by atoms with Crippen molar-refractivity contribution in [3.05, 3.63) is 66.0 Å². The van der Waals surface area contributed by atoms with Crippen LogP contribution in [0, 0.1) is 5.82 Å².